The fourth-order valence-electron chi connectivity index (χ4n) is 3.56. The summed E-state index contributed by atoms with van der Waals surface area (Å²) >= 11 is 2.81. The molecule has 1 N–H and O–H groups in total. The molecule has 0 aliphatic carbocycles. The maximum atomic E-state index is 12.9. The molecule has 0 bridgehead atoms. The Hall–Kier alpha value is -4.15. The Labute approximate surface area is 202 Å². The van der Waals surface area contributed by atoms with Crippen molar-refractivity contribution in [1.82, 2.24) is 19.8 Å². The highest BCUT2D eigenvalue weighted by atomic mass is 32.2. The van der Waals surface area contributed by atoms with E-state index in [1.54, 1.807) is 34.5 Å². The summed E-state index contributed by atoms with van der Waals surface area (Å²) in [5, 5.41) is 22.4. The first-order chi connectivity index (χ1) is 16.7. The van der Waals surface area contributed by atoms with Gasteiger partial charge in [-0.3, -0.25) is 15.2 Å². The minimum atomic E-state index is -0.476. The number of thiophene rings is 1. The van der Waals surface area contributed by atoms with Gasteiger partial charge >= 0.3 is 0 Å². The molecule has 0 saturated heterocycles. The number of nitrogens with zero attached hydrogens (tertiary/aromatic N) is 6. The number of aromatic nitrogens is 3. The third-order valence-corrected chi connectivity index (χ3v) is 7.01. The molecule has 0 radical (unpaired) electrons. The molecule has 1 aromatic carbocycles. The number of para-hydroxylation sites is 1. The zero-order valence-corrected chi connectivity index (χ0v) is 19.1. The van der Waals surface area contributed by atoms with Crippen LogP contribution in [0.4, 0.5) is 0 Å². The molecule has 4 aromatic rings. The number of rotatable bonds is 4. The highest BCUT2D eigenvalue weighted by Crippen LogP contribution is 2.33. The monoisotopic (exact) mass is 481 g/mol. The smallest absolute Gasteiger partial charge is 0.282 e. The van der Waals surface area contributed by atoms with Crippen molar-refractivity contribution >= 4 is 51.1 Å². The standard InChI is InChI=1S/C24H15N7OS2/c25-21-18(22(32)27-24-31(21)29-23(34-24)15-6-4-10-26-13-15)12-16-14-30(17-7-2-1-3-8-17)28-20(16)19-9-5-11-33-19/h1-14,25H/b18-12-,25-21?. The van der Waals surface area contributed by atoms with E-state index in [4.69, 9.17) is 10.5 Å². The van der Waals surface area contributed by atoms with Gasteiger partial charge in [0.15, 0.2) is 5.84 Å². The first-order valence-electron chi connectivity index (χ1n) is 10.3. The van der Waals surface area contributed by atoms with Gasteiger partial charge in [-0.2, -0.15) is 20.2 Å². The van der Waals surface area contributed by atoms with Crippen molar-refractivity contribution in [3.8, 4) is 16.3 Å². The number of fused-ring (bicyclic) bond motifs is 1. The molecular formula is C24H15N7OS2. The fourth-order valence-corrected chi connectivity index (χ4v) is 5.18. The van der Waals surface area contributed by atoms with Crippen LogP contribution in [0.25, 0.3) is 22.3 Å². The highest BCUT2D eigenvalue weighted by molar-refractivity contribution is 8.27. The zero-order chi connectivity index (χ0) is 23.1. The Bertz CT molecular complexity index is 1500. The van der Waals surface area contributed by atoms with Gasteiger partial charge in [-0.05, 0) is 53.5 Å². The SMILES string of the molecule is N=C1/C(=C/c2cn(-c3ccccc3)nc2-c2cccs2)C(=O)N=C2SC(c3cccnc3)=NN12. The van der Waals surface area contributed by atoms with E-state index in [1.165, 1.54) is 16.8 Å². The van der Waals surface area contributed by atoms with E-state index in [-0.39, 0.29) is 11.4 Å². The molecule has 6 rings (SSSR count). The molecule has 0 fully saturated rings. The average molecular weight is 482 g/mol. The van der Waals surface area contributed by atoms with Gasteiger partial charge in [0.2, 0.25) is 5.17 Å². The topological polar surface area (TPSA) is 99.6 Å². The first-order valence-corrected chi connectivity index (χ1v) is 12.0. The Balaban J connectivity index is 1.42. The zero-order valence-electron chi connectivity index (χ0n) is 17.5. The number of amides is 1. The molecule has 1 amide bonds. The van der Waals surface area contributed by atoms with Crippen LogP contribution in [0, 0.1) is 5.41 Å². The minimum Gasteiger partial charge on any atom is -0.282 e. The molecule has 5 heterocycles. The van der Waals surface area contributed by atoms with Crippen molar-refractivity contribution in [1.29, 1.82) is 5.41 Å². The highest BCUT2D eigenvalue weighted by Gasteiger charge is 2.36. The number of pyridine rings is 1. The summed E-state index contributed by atoms with van der Waals surface area (Å²) in [6, 6.07) is 17.4. The van der Waals surface area contributed by atoms with Crippen LogP contribution >= 0.6 is 23.1 Å². The number of hydrazone groups is 1. The Kier molecular flexibility index (Phi) is 5.01. The van der Waals surface area contributed by atoms with Gasteiger partial charge in [0.05, 0.1) is 16.1 Å². The van der Waals surface area contributed by atoms with Gasteiger partial charge < -0.3 is 0 Å². The van der Waals surface area contributed by atoms with Crippen molar-refractivity contribution in [2.45, 2.75) is 0 Å². The molecular weight excluding hydrogens is 466 g/mol. The Morgan fingerprint density at radius 3 is 2.68 bits per heavy atom. The second-order valence-corrected chi connectivity index (χ2v) is 9.26. The third-order valence-electron chi connectivity index (χ3n) is 5.18. The minimum absolute atomic E-state index is 0.0222. The van der Waals surface area contributed by atoms with Crippen molar-refractivity contribution in [3.63, 3.8) is 0 Å². The molecule has 0 saturated carbocycles. The van der Waals surface area contributed by atoms with Gasteiger partial charge in [0.25, 0.3) is 5.91 Å². The lowest BCUT2D eigenvalue weighted by atomic mass is 10.1. The normalized spacial score (nSPS) is 16.6. The summed E-state index contributed by atoms with van der Waals surface area (Å²) in [6.07, 6.45) is 6.91. The van der Waals surface area contributed by atoms with E-state index in [1.807, 2.05) is 66.2 Å². The van der Waals surface area contributed by atoms with Gasteiger partial charge in [-0.25, -0.2) is 4.68 Å². The summed E-state index contributed by atoms with van der Waals surface area (Å²) in [7, 11) is 0. The summed E-state index contributed by atoms with van der Waals surface area (Å²) in [5.41, 5.74) is 3.32. The average Bonchev–Trinajstić information content (AvgIpc) is 3.62. The van der Waals surface area contributed by atoms with Crippen LogP contribution in [0.1, 0.15) is 11.1 Å². The van der Waals surface area contributed by atoms with Gasteiger partial charge in [0, 0.05) is 29.7 Å². The van der Waals surface area contributed by atoms with Crippen LogP contribution in [0.2, 0.25) is 0 Å². The van der Waals surface area contributed by atoms with E-state index >= 15 is 0 Å². The van der Waals surface area contributed by atoms with Crippen LogP contribution in [-0.4, -0.2) is 41.7 Å². The lowest BCUT2D eigenvalue weighted by Crippen LogP contribution is -2.35. The van der Waals surface area contributed by atoms with E-state index < -0.39 is 5.91 Å². The molecule has 3 aromatic heterocycles. The Morgan fingerprint density at radius 1 is 1.03 bits per heavy atom. The number of benzene rings is 1. The predicted molar refractivity (Wildman–Crippen MR) is 135 cm³/mol. The first kappa shape index (κ1) is 20.5. The van der Waals surface area contributed by atoms with Gasteiger partial charge in [-0.15, -0.1) is 11.3 Å². The van der Waals surface area contributed by atoms with Crippen LogP contribution < -0.4 is 0 Å². The summed E-state index contributed by atoms with van der Waals surface area (Å²) in [4.78, 5) is 22.2. The van der Waals surface area contributed by atoms with Crippen LogP contribution in [0.15, 0.2) is 94.2 Å². The lowest BCUT2D eigenvalue weighted by molar-refractivity contribution is -0.114. The number of nitrogens with one attached hydrogen (secondary N) is 1. The summed E-state index contributed by atoms with van der Waals surface area (Å²) in [5.74, 6) is -0.498. The molecule has 0 spiro atoms. The fraction of sp³-hybridized carbons (Fsp3) is 0. The van der Waals surface area contributed by atoms with Crippen molar-refractivity contribution in [3.05, 3.63) is 95.3 Å². The van der Waals surface area contributed by atoms with Gasteiger partial charge in [-0.1, -0.05) is 24.3 Å². The molecule has 10 heteroatoms. The van der Waals surface area contributed by atoms with E-state index in [0.29, 0.717) is 10.2 Å². The van der Waals surface area contributed by atoms with Crippen molar-refractivity contribution in [2.24, 2.45) is 10.1 Å². The Morgan fingerprint density at radius 2 is 1.91 bits per heavy atom. The molecule has 164 valence electrons. The predicted octanol–water partition coefficient (Wildman–Crippen LogP) is 4.66. The second-order valence-electron chi connectivity index (χ2n) is 7.36. The van der Waals surface area contributed by atoms with E-state index in [0.717, 1.165) is 27.4 Å². The van der Waals surface area contributed by atoms with Crippen LogP contribution in [-0.2, 0) is 4.79 Å². The third kappa shape index (κ3) is 3.58. The number of carbonyl (C=O) groups is 1. The largest absolute Gasteiger partial charge is 0.283 e. The quantitative estimate of drug-likeness (QED) is 0.427. The summed E-state index contributed by atoms with van der Waals surface area (Å²) < 4.78 is 1.78. The lowest BCUT2D eigenvalue weighted by Gasteiger charge is -2.20. The number of carbonyl (C=O) groups excluding carboxylic acids is 1. The van der Waals surface area contributed by atoms with Crippen molar-refractivity contribution < 1.29 is 4.79 Å². The maximum absolute atomic E-state index is 12.9. The maximum Gasteiger partial charge on any atom is 0.283 e. The van der Waals surface area contributed by atoms with Crippen LogP contribution in [0.3, 0.4) is 0 Å². The molecule has 2 aliphatic rings. The van der Waals surface area contributed by atoms with Crippen molar-refractivity contribution in [2.75, 3.05) is 0 Å². The molecule has 2 aliphatic heterocycles. The molecule has 0 atom stereocenters. The number of amidine groups is 2. The molecule has 8 nitrogen and oxygen atoms in total. The molecule has 34 heavy (non-hydrogen) atoms. The number of hydrogen-bond donors (Lipinski definition) is 1. The number of thioether (sulfide) groups is 1. The molecule has 0 unspecified atom stereocenters. The van der Waals surface area contributed by atoms with E-state index in [2.05, 4.69) is 15.1 Å². The van der Waals surface area contributed by atoms with Gasteiger partial charge in [0.1, 0.15) is 10.7 Å². The van der Waals surface area contributed by atoms with E-state index in [9.17, 15) is 4.79 Å². The summed E-state index contributed by atoms with van der Waals surface area (Å²) in [6.45, 7) is 0. The van der Waals surface area contributed by atoms with Crippen LogP contribution in [0.5, 0.6) is 0 Å². The number of hydrogen-bond acceptors (Lipinski definition) is 7. The second kappa shape index (κ2) is 8.32. The number of aliphatic imine (C=N–C) groups is 1.